The van der Waals surface area contributed by atoms with Gasteiger partial charge in [-0.05, 0) is 17.7 Å². The van der Waals surface area contributed by atoms with Crippen molar-refractivity contribution in [3.05, 3.63) is 23.8 Å². The number of methoxy groups -OCH3 is 1. The summed E-state index contributed by atoms with van der Waals surface area (Å²) in [6, 6.07) is 5.12. The van der Waals surface area contributed by atoms with Gasteiger partial charge in [0.2, 0.25) is 0 Å². The molecule has 0 amide bonds. The lowest BCUT2D eigenvalue weighted by molar-refractivity contribution is 0.186. The lowest BCUT2D eigenvalue weighted by Gasteiger charge is -2.10. The van der Waals surface area contributed by atoms with Gasteiger partial charge in [-0.25, -0.2) is 0 Å². The second kappa shape index (κ2) is 4.11. The predicted octanol–water partition coefficient (Wildman–Crippen LogP) is 0.270. The largest absolute Gasteiger partial charge is 0.495 e. The summed E-state index contributed by atoms with van der Waals surface area (Å²) in [6.07, 6.45) is -0.659. The topological polar surface area (TPSA) is 81.5 Å². The van der Waals surface area contributed by atoms with Crippen LogP contribution in [0, 0.1) is 0 Å². The molecule has 5 N–H and O–H groups in total. The summed E-state index contributed by atoms with van der Waals surface area (Å²) < 4.78 is 4.98. The Balaban J connectivity index is 2.95. The molecule has 1 aromatic carbocycles. The van der Waals surface area contributed by atoms with E-state index in [2.05, 4.69) is 0 Å². The van der Waals surface area contributed by atoms with Crippen LogP contribution in [0.25, 0.3) is 0 Å². The summed E-state index contributed by atoms with van der Waals surface area (Å²) in [5, 5.41) is 9.40. The molecule has 1 rings (SSSR count). The molecule has 0 heterocycles. The Bertz CT molecular complexity index is 289. The zero-order valence-corrected chi connectivity index (χ0v) is 7.53. The summed E-state index contributed by atoms with van der Waals surface area (Å²) >= 11 is 0. The number of hydrogen-bond acceptors (Lipinski definition) is 4. The van der Waals surface area contributed by atoms with Crippen molar-refractivity contribution in [2.24, 2.45) is 5.73 Å². The number of ether oxygens (including phenoxy) is 1. The summed E-state index contributed by atoms with van der Waals surface area (Å²) in [5.41, 5.74) is 12.2. The van der Waals surface area contributed by atoms with Crippen LogP contribution in [0.4, 0.5) is 5.69 Å². The average Bonchev–Trinajstić information content (AvgIpc) is 2.16. The maximum Gasteiger partial charge on any atom is 0.141 e. The zero-order chi connectivity index (χ0) is 9.84. The molecule has 0 spiro atoms. The quantitative estimate of drug-likeness (QED) is 0.586. The van der Waals surface area contributed by atoms with E-state index in [-0.39, 0.29) is 6.54 Å². The van der Waals surface area contributed by atoms with Crippen molar-refractivity contribution in [1.82, 2.24) is 0 Å². The van der Waals surface area contributed by atoms with Gasteiger partial charge in [-0.3, -0.25) is 0 Å². The van der Waals surface area contributed by atoms with Gasteiger partial charge in [0.05, 0.1) is 18.9 Å². The Labute approximate surface area is 77.1 Å². The Morgan fingerprint density at radius 1 is 1.54 bits per heavy atom. The SMILES string of the molecule is COc1ccc([C@@H](O)CN)cc1N. The smallest absolute Gasteiger partial charge is 0.141 e. The molecule has 0 radical (unpaired) electrons. The molecule has 4 heteroatoms. The van der Waals surface area contributed by atoms with Crippen molar-refractivity contribution in [2.75, 3.05) is 19.4 Å². The van der Waals surface area contributed by atoms with E-state index in [1.807, 2.05) is 0 Å². The van der Waals surface area contributed by atoms with Gasteiger partial charge in [-0.2, -0.15) is 0 Å². The number of aliphatic hydroxyl groups excluding tert-OH is 1. The van der Waals surface area contributed by atoms with Crippen LogP contribution in [-0.2, 0) is 0 Å². The van der Waals surface area contributed by atoms with E-state index >= 15 is 0 Å². The van der Waals surface area contributed by atoms with Crippen LogP contribution in [0.5, 0.6) is 5.75 Å². The van der Waals surface area contributed by atoms with Crippen LogP contribution in [-0.4, -0.2) is 18.8 Å². The third kappa shape index (κ3) is 2.11. The van der Waals surface area contributed by atoms with Crippen molar-refractivity contribution < 1.29 is 9.84 Å². The Hall–Kier alpha value is -1.26. The van der Waals surface area contributed by atoms with Gasteiger partial charge < -0.3 is 21.3 Å². The monoisotopic (exact) mass is 182 g/mol. The zero-order valence-electron chi connectivity index (χ0n) is 7.53. The molecule has 0 aliphatic carbocycles. The highest BCUT2D eigenvalue weighted by atomic mass is 16.5. The third-order valence-corrected chi connectivity index (χ3v) is 1.86. The molecule has 0 bridgehead atoms. The van der Waals surface area contributed by atoms with E-state index in [4.69, 9.17) is 16.2 Å². The highest BCUT2D eigenvalue weighted by molar-refractivity contribution is 5.54. The first-order valence-electron chi connectivity index (χ1n) is 4.00. The molecule has 1 atom stereocenters. The number of anilines is 1. The van der Waals surface area contributed by atoms with Gasteiger partial charge >= 0.3 is 0 Å². The summed E-state index contributed by atoms with van der Waals surface area (Å²) in [6.45, 7) is 0.186. The number of benzene rings is 1. The maximum atomic E-state index is 9.40. The molecule has 13 heavy (non-hydrogen) atoms. The number of nitrogens with two attached hydrogens (primary N) is 2. The fourth-order valence-electron chi connectivity index (χ4n) is 1.10. The highest BCUT2D eigenvalue weighted by Crippen LogP contribution is 2.24. The molecule has 1 aromatic rings. The number of aliphatic hydroxyl groups is 1. The summed E-state index contributed by atoms with van der Waals surface area (Å²) in [7, 11) is 1.55. The number of nitrogen functional groups attached to an aromatic ring is 1. The Kier molecular flexibility index (Phi) is 3.11. The Morgan fingerprint density at radius 2 is 2.23 bits per heavy atom. The molecular formula is C9H14N2O2. The van der Waals surface area contributed by atoms with Crippen LogP contribution in [0.3, 0.4) is 0 Å². The average molecular weight is 182 g/mol. The van der Waals surface area contributed by atoms with Gasteiger partial charge in [0, 0.05) is 6.54 Å². The lowest BCUT2D eigenvalue weighted by atomic mass is 10.1. The molecule has 0 saturated carbocycles. The molecule has 4 nitrogen and oxygen atoms in total. The van der Waals surface area contributed by atoms with Gasteiger partial charge in [0.25, 0.3) is 0 Å². The maximum absolute atomic E-state index is 9.40. The first-order valence-corrected chi connectivity index (χ1v) is 4.00. The van der Waals surface area contributed by atoms with Gasteiger partial charge in [-0.1, -0.05) is 6.07 Å². The van der Waals surface area contributed by atoms with E-state index < -0.39 is 6.10 Å². The third-order valence-electron chi connectivity index (χ3n) is 1.86. The van der Waals surface area contributed by atoms with Crippen LogP contribution in [0.15, 0.2) is 18.2 Å². The normalized spacial score (nSPS) is 12.5. The second-order valence-electron chi connectivity index (χ2n) is 2.75. The number of hydrogen-bond donors (Lipinski definition) is 3. The first-order chi connectivity index (χ1) is 6.19. The van der Waals surface area contributed by atoms with Crippen LogP contribution in [0.2, 0.25) is 0 Å². The minimum atomic E-state index is -0.659. The second-order valence-corrected chi connectivity index (χ2v) is 2.75. The van der Waals surface area contributed by atoms with Crippen LogP contribution in [0.1, 0.15) is 11.7 Å². The van der Waals surface area contributed by atoms with Crippen molar-refractivity contribution >= 4 is 5.69 Å². The molecule has 0 unspecified atom stereocenters. The molecule has 0 fully saturated rings. The van der Waals surface area contributed by atoms with Crippen molar-refractivity contribution in [1.29, 1.82) is 0 Å². The summed E-state index contributed by atoms with van der Waals surface area (Å²) in [4.78, 5) is 0. The highest BCUT2D eigenvalue weighted by Gasteiger charge is 2.07. The first kappa shape index (κ1) is 9.83. The van der Waals surface area contributed by atoms with Crippen molar-refractivity contribution in [2.45, 2.75) is 6.10 Å². The van der Waals surface area contributed by atoms with Gasteiger partial charge in [-0.15, -0.1) is 0 Å². The molecule has 0 aromatic heterocycles. The van der Waals surface area contributed by atoms with E-state index in [1.165, 1.54) is 0 Å². The standard InChI is InChI=1S/C9H14N2O2/c1-13-9-3-2-6(4-7(9)11)8(12)5-10/h2-4,8,12H,5,10-11H2,1H3/t8-/m0/s1. The van der Waals surface area contributed by atoms with Crippen molar-refractivity contribution in [3.63, 3.8) is 0 Å². The van der Waals surface area contributed by atoms with Gasteiger partial charge in [0.1, 0.15) is 5.75 Å². The number of rotatable bonds is 3. The minimum Gasteiger partial charge on any atom is -0.495 e. The lowest BCUT2D eigenvalue weighted by Crippen LogP contribution is -2.11. The fourth-order valence-corrected chi connectivity index (χ4v) is 1.10. The van der Waals surface area contributed by atoms with E-state index in [0.717, 1.165) is 0 Å². The van der Waals surface area contributed by atoms with E-state index in [9.17, 15) is 5.11 Å². The molecule has 0 aliphatic rings. The molecular weight excluding hydrogens is 168 g/mol. The fraction of sp³-hybridized carbons (Fsp3) is 0.333. The molecule has 0 aliphatic heterocycles. The van der Waals surface area contributed by atoms with Crippen LogP contribution < -0.4 is 16.2 Å². The van der Waals surface area contributed by atoms with E-state index in [0.29, 0.717) is 17.0 Å². The molecule has 0 saturated heterocycles. The van der Waals surface area contributed by atoms with Gasteiger partial charge in [0.15, 0.2) is 0 Å². The molecule has 72 valence electrons. The van der Waals surface area contributed by atoms with Crippen molar-refractivity contribution in [3.8, 4) is 5.75 Å². The van der Waals surface area contributed by atoms with E-state index in [1.54, 1.807) is 25.3 Å². The minimum absolute atomic E-state index is 0.186. The Morgan fingerprint density at radius 3 is 2.69 bits per heavy atom. The predicted molar refractivity (Wildman–Crippen MR) is 51.4 cm³/mol. The summed E-state index contributed by atoms with van der Waals surface area (Å²) in [5.74, 6) is 0.605. The van der Waals surface area contributed by atoms with Crippen LogP contribution >= 0.6 is 0 Å².